The smallest absolute Gasteiger partial charge is 0.0925 e. The van der Waals surface area contributed by atoms with E-state index in [9.17, 15) is 5.11 Å². The highest BCUT2D eigenvalue weighted by molar-refractivity contribution is 6.30. The number of rotatable bonds is 5. The van der Waals surface area contributed by atoms with E-state index >= 15 is 0 Å². The molecule has 0 aromatic heterocycles. The van der Waals surface area contributed by atoms with Crippen LogP contribution in [-0.2, 0) is 5.60 Å². The van der Waals surface area contributed by atoms with Gasteiger partial charge in [0.25, 0.3) is 0 Å². The molecule has 4 heteroatoms. The number of benzene rings is 1. The van der Waals surface area contributed by atoms with Crippen molar-refractivity contribution in [2.45, 2.75) is 44.6 Å². The van der Waals surface area contributed by atoms with E-state index in [0.29, 0.717) is 5.92 Å². The van der Waals surface area contributed by atoms with Gasteiger partial charge in [0, 0.05) is 31.2 Å². The van der Waals surface area contributed by atoms with Gasteiger partial charge in [0.05, 0.1) is 5.60 Å². The second kappa shape index (κ2) is 8.39. The Morgan fingerprint density at radius 1 is 1.24 bits per heavy atom. The minimum Gasteiger partial charge on any atom is -0.385 e. The van der Waals surface area contributed by atoms with Crippen LogP contribution in [-0.4, -0.2) is 54.7 Å². The molecule has 2 aliphatic rings. The molecule has 1 saturated heterocycles. The molecule has 3 nitrogen and oxygen atoms in total. The summed E-state index contributed by atoms with van der Waals surface area (Å²) in [4.78, 5) is 4.96. The fourth-order valence-corrected chi connectivity index (χ4v) is 4.81. The zero-order valence-electron chi connectivity index (χ0n) is 15.8. The summed E-state index contributed by atoms with van der Waals surface area (Å²) in [5.41, 5.74) is 0.293. The zero-order valence-corrected chi connectivity index (χ0v) is 16.5. The first-order valence-electron chi connectivity index (χ1n) is 9.90. The van der Waals surface area contributed by atoms with E-state index in [0.717, 1.165) is 74.9 Å². The Morgan fingerprint density at radius 3 is 2.68 bits per heavy atom. The van der Waals surface area contributed by atoms with Crippen molar-refractivity contribution in [3.8, 4) is 0 Å². The summed E-state index contributed by atoms with van der Waals surface area (Å²) in [5.74, 6) is 1.07. The quantitative estimate of drug-likeness (QED) is 0.855. The van der Waals surface area contributed by atoms with Gasteiger partial charge < -0.3 is 14.9 Å². The molecule has 1 aliphatic carbocycles. The molecule has 1 N–H and O–H groups in total. The predicted octanol–water partition coefficient (Wildman–Crippen LogP) is 3.99. The molecular weight excluding hydrogens is 332 g/mol. The maximum Gasteiger partial charge on any atom is 0.0925 e. The van der Waals surface area contributed by atoms with Gasteiger partial charge in [0.1, 0.15) is 0 Å². The van der Waals surface area contributed by atoms with Gasteiger partial charge in [-0.1, -0.05) is 37.1 Å². The Morgan fingerprint density at radius 2 is 2.00 bits per heavy atom. The normalized spacial score (nSPS) is 32.0. The lowest BCUT2D eigenvalue weighted by atomic mass is 9.66. The lowest BCUT2D eigenvalue weighted by molar-refractivity contribution is -0.0746. The largest absolute Gasteiger partial charge is 0.385 e. The molecule has 3 rings (SSSR count). The Kier molecular flexibility index (Phi) is 6.43. The van der Waals surface area contributed by atoms with Gasteiger partial charge in [-0.15, -0.1) is 0 Å². The average Bonchev–Trinajstić information content (AvgIpc) is 2.62. The van der Waals surface area contributed by atoms with Crippen LogP contribution in [0.5, 0.6) is 0 Å². The van der Waals surface area contributed by atoms with Crippen LogP contribution in [0.3, 0.4) is 0 Å². The SMILES string of the molecule is CCC1CCC(O)(c2cccc(Cl)c2)C(CCN2CCN(C)CC2)C1. The first kappa shape index (κ1) is 19.2. The minimum absolute atomic E-state index is 0.323. The van der Waals surface area contributed by atoms with Crippen LogP contribution < -0.4 is 0 Å². The summed E-state index contributed by atoms with van der Waals surface area (Å²) in [6.45, 7) is 7.98. The molecule has 1 aromatic rings. The van der Waals surface area contributed by atoms with E-state index in [2.05, 4.69) is 29.8 Å². The van der Waals surface area contributed by atoms with Crippen molar-refractivity contribution >= 4 is 11.6 Å². The maximum absolute atomic E-state index is 11.6. The molecule has 0 amide bonds. The van der Waals surface area contributed by atoms with Gasteiger partial charge in [-0.05, 0) is 68.8 Å². The monoisotopic (exact) mass is 364 g/mol. The minimum atomic E-state index is -0.719. The third-order valence-corrected chi connectivity index (χ3v) is 6.75. The maximum atomic E-state index is 11.6. The zero-order chi connectivity index (χ0) is 17.9. The number of nitrogens with zero attached hydrogens (tertiary/aromatic N) is 2. The third-order valence-electron chi connectivity index (χ3n) is 6.52. The van der Waals surface area contributed by atoms with E-state index in [1.807, 2.05) is 18.2 Å². The number of hydrogen-bond acceptors (Lipinski definition) is 3. The number of hydrogen-bond donors (Lipinski definition) is 1. The van der Waals surface area contributed by atoms with Gasteiger partial charge >= 0.3 is 0 Å². The van der Waals surface area contributed by atoms with Crippen molar-refractivity contribution < 1.29 is 5.11 Å². The second-order valence-corrected chi connectivity index (χ2v) is 8.55. The van der Waals surface area contributed by atoms with Crippen molar-refractivity contribution in [3.05, 3.63) is 34.9 Å². The lowest BCUT2D eigenvalue weighted by Gasteiger charge is -2.44. The molecule has 140 valence electrons. The molecule has 1 saturated carbocycles. The van der Waals surface area contributed by atoms with Crippen molar-refractivity contribution in [2.75, 3.05) is 39.8 Å². The van der Waals surface area contributed by atoms with Gasteiger partial charge in [0.15, 0.2) is 0 Å². The van der Waals surface area contributed by atoms with Crippen LogP contribution in [0.25, 0.3) is 0 Å². The number of likely N-dealkylation sites (N-methyl/N-ethyl adjacent to an activating group) is 1. The number of aliphatic hydroxyl groups is 1. The van der Waals surface area contributed by atoms with Crippen LogP contribution in [0.15, 0.2) is 24.3 Å². The second-order valence-electron chi connectivity index (χ2n) is 8.11. The highest BCUT2D eigenvalue weighted by Gasteiger charge is 2.42. The van der Waals surface area contributed by atoms with E-state index in [-0.39, 0.29) is 0 Å². The van der Waals surface area contributed by atoms with Crippen molar-refractivity contribution in [2.24, 2.45) is 11.8 Å². The summed E-state index contributed by atoms with van der Waals surface area (Å²) in [6.07, 6.45) is 5.40. The van der Waals surface area contributed by atoms with Crippen molar-refractivity contribution in [3.63, 3.8) is 0 Å². The highest BCUT2D eigenvalue weighted by Crippen LogP contribution is 2.46. The average molecular weight is 365 g/mol. The van der Waals surface area contributed by atoms with Gasteiger partial charge in [-0.25, -0.2) is 0 Å². The fourth-order valence-electron chi connectivity index (χ4n) is 4.62. The van der Waals surface area contributed by atoms with E-state index < -0.39 is 5.60 Å². The molecule has 1 aliphatic heterocycles. The van der Waals surface area contributed by atoms with E-state index in [1.54, 1.807) is 0 Å². The predicted molar refractivity (Wildman–Crippen MR) is 105 cm³/mol. The summed E-state index contributed by atoms with van der Waals surface area (Å²) < 4.78 is 0. The van der Waals surface area contributed by atoms with Gasteiger partial charge in [0.2, 0.25) is 0 Å². The molecule has 2 fully saturated rings. The lowest BCUT2D eigenvalue weighted by Crippen LogP contribution is -2.47. The molecule has 0 radical (unpaired) electrons. The topological polar surface area (TPSA) is 26.7 Å². The molecule has 3 atom stereocenters. The summed E-state index contributed by atoms with van der Waals surface area (Å²) in [5, 5.41) is 12.3. The van der Waals surface area contributed by atoms with E-state index in [4.69, 9.17) is 11.6 Å². The Balaban J connectivity index is 1.71. The first-order chi connectivity index (χ1) is 12.0. The first-order valence-corrected chi connectivity index (χ1v) is 10.3. The molecule has 1 heterocycles. The highest BCUT2D eigenvalue weighted by atomic mass is 35.5. The number of halogens is 1. The molecule has 1 aromatic carbocycles. The molecular formula is C21H33ClN2O. The van der Waals surface area contributed by atoms with Crippen LogP contribution in [0.1, 0.15) is 44.6 Å². The van der Waals surface area contributed by atoms with Crippen molar-refractivity contribution in [1.82, 2.24) is 9.80 Å². The van der Waals surface area contributed by atoms with Crippen molar-refractivity contribution in [1.29, 1.82) is 0 Å². The van der Waals surface area contributed by atoms with Gasteiger partial charge in [-0.2, -0.15) is 0 Å². The fraction of sp³-hybridized carbons (Fsp3) is 0.714. The Labute approximate surface area is 158 Å². The standard InChI is InChI=1S/C21H33ClN2O/c1-3-17-7-9-21(25,18-5-4-6-20(22)16-18)19(15-17)8-10-24-13-11-23(2)12-14-24/h4-6,16-17,19,25H,3,7-15H2,1-2H3. The Bertz CT molecular complexity index is 559. The van der Waals surface area contributed by atoms with Crippen LogP contribution in [0.2, 0.25) is 5.02 Å². The molecule has 25 heavy (non-hydrogen) atoms. The van der Waals surface area contributed by atoms with Gasteiger partial charge in [-0.3, -0.25) is 0 Å². The molecule has 3 unspecified atom stereocenters. The number of piperazine rings is 1. The third kappa shape index (κ3) is 4.57. The summed E-state index contributed by atoms with van der Waals surface area (Å²) in [7, 11) is 2.20. The Hall–Kier alpha value is -0.610. The summed E-state index contributed by atoms with van der Waals surface area (Å²) >= 11 is 6.22. The molecule has 0 bridgehead atoms. The van der Waals surface area contributed by atoms with Crippen LogP contribution >= 0.6 is 11.6 Å². The summed E-state index contributed by atoms with van der Waals surface area (Å²) in [6, 6.07) is 7.89. The van der Waals surface area contributed by atoms with E-state index in [1.165, 1.54) is 6.42 Å². The molecule has 0 spiro atoms. The van der Waals surface area contributed by atoms with Crippen LogP contribution in [0.4, 0.5) is 0 Å². The van der Waals surface area contributed by atoms with Crippen LogP contribution in [0, 0.1) is 11.8 Å².